The highest BCUT2D eigenvalue weighted by molar-refractivity contribution is 9.10. The van der Waals surface area contributed by atoms with Crippen molar-refractivity contribution >= 4 is 40.1 Å². The maximum absolute atomic E-state index is 9.12. The minimum atomic E-state index is -1.46. The average Bonchev–Trinajstić information content (AvgIpc) is 2.28. The van der Waals surface area contributed by atoms with E-state index in [1.165, 1.54) is 0 Å². The third-order valence-corrected chi connectivity index (χ3v) is 3.06. The zero-order valence-electron chi connectivity index (χ0n) is 8.77. The first-order valence-electron chi connectivity index (χ1n) is 4.99. The van der Waals surface area contributed by atoms with Crippen LogP contribution in [0.3, 0.4) is 0 Å². The average molecular weight is 311 g/mol. The Labute approximate surface area is 113 Å². The predicted octanol–water partition coefficient (Wildman–Crippen LogP) is 2.45. The maximum Gasteiger partial charge on any atom is 0.488 e. The van der Waals surface area contributed by atoms with Crippen LogP contribution in [0.2, 0.25) is 5.02 Å². The van der Waals surface area contributed by atoms with Crippen LogP contribution in [0.5, 0.6) is 0 Å². The van der Waals surface area contributed by atoms with Crippen molar-refractivity contribution in [3.63, 3.8) is 0 Å². The Bertz CT molecular complexity index is 526. The Kier molecular flexibility index (Phi) is 3.89. The van der Waals surface area contributed by atoms with Gasteiger partial charge in [-0.25, -0.2) is 0 Å². The van der Waals surface area contributed by atoms with Crippen molar-refractivity contribution in [1.82, 2.24) is 0 Å². The number of benzene rings is 2. The molecule has 0 amide bonds. The van der Waals surface area contributed by atoms with Gasteiger partial charge in [-0.2, -0.15) is 0 Å². The Morgan fingerprint density at radius 2 is 1.76 bits per heavy atom. The smallest absolute Gasteiger partial charge is 0.423 e. The normalized spacial score (nSPS) is 10.4. The molecule has 2 aromatic rings. The summed E-state index contributed by atoms with van der Waals surface area (Å²) in [4.78, 5) is 0. The molecule has 0 heterocycles. The highest BCUT2D eigenvalue weighted by Gasteiger charge is 2.11. The molecular weight excluding hydrogens is 302 g/mol. The van der Waals surface area contributed by atoms with Crippen molar-refractivity contribution in [1.29, 1.82) is 0 Å². The first-order valence-corrected chi connectivity index (χ1v) is 6.16. The molecule has 0 radical (unpaired) electrons. The van der Waals surface area contributed by atoms with E-state index in [4.69, 9.17) is 21.6 Å². The van der Waals surface area contributed by atoms with E-state index in [1.54, 1.807) is 24.3 Å². The molecule has 2 rings (SSSR count). The summed E-state index contributed by atoms with van der Waals surface area (Å²) in [5.74, 6) is 0. The van der Waals surface area contributed by atoms with Gasteiger partial charge in [0.25, 0.3) is 0 Å². The maximum atomic E-state index is 9.12. The minimum absolute atomic E-state index is 0.457. The molecule has 0 saturated heterocycles. The lowest BCUT2D eigenvalue weighted by molar-refractivity contribution is 0.426. The summed E-state index contributed by atoms with van der Waals surface area (Å²) >= 11 is 9.35. The Morgan fingerprint density at radius 3 is 2.41 bits per heavy atom. The molecule has 0 fully saturated rings. The highest BCUT2D eigenvalue weighted by atomic mass is 79.9. The summed E-state index contributed by atoms with van der Waals surface area (Å²) in [6.45, 7) is 0. The number of hydrogen-bond donors (Lipinski definition) is 2. The van der Waals surface area contributed by atoms with E-state index >= 15 is 0 Å². The third kappa shape index (κ3) is 3.10. The van der Waals surface area contributed by atoms with Crippen LogP contribution in [0, 0.1) is 0 Å². The summed E-state index contributed by atoms with van der Waals surface area (Å²) in [6, 6.07) is 12.6. The van der Waals surface area contributed by atoms with Gasteiger partial charge in [0.1, 0.15) is 0 Å². The lowest BCUT2D eigenvalue weighted by atomic mass is 9.79. The van der Waals surface area contributed by atoms with Gasteiger partial charge in [-0.05, 0) is 34.8 Å². The van der Waals surface area contributed by atoms with E-state index in [9.17, 15) is 0 Å². The molecular formula is C12H9BBrClO2. The largest absolute Gasteiger partial charge is 0.488 e. The van der Waals surface area contributed by atoms with Crippen LogP contribution < -0.4 is 5.46 Å². The first-order chi connectivity index (χ1) is 8.06. The second-order valence-electron chi connectivity index (χ2n) is 3.66. The lowest BCUT2D eigenvalue weighted by Crippen LogP contribution is -2.29. The Morgan fingerprint density at radius 1 is 1.00 bits per heavy atom. The van der Waals surface area contributed by atoms with Gasteiger partial charge in [-0.3, -0.25) is 0 Å². The second kappa shape index (κ2) is 5.23. The molecule has 2 nitrogen and oxygen atoms in total. The van der Waals surface area contributed by atoms with Gasteiger partial charge in [-0.15, -0.1) is 0 Å². The molecule has 2 aromatic carbocycles. The molecule has 0 aliphatic carbocycles. The third-order valence-electron chi connectivity index (χ3n) is 2.38. The number of halogens is 2. The van der Waals surface area contributed by atoms with E-state index in [1.807, 2.05) is 18.2 Å². The van der Waals surface area contributed by atoms with Crippen LogP contribution in [0.15, 0.2) is 46.9 Å². The van der Waals surface area contributed by atoms with Crippen LogP contribution in [-0.2, 0) is 0 Å². The summed E-state index contributed by atoms with van der Waals surface area (Å²) in [5.41, 5.74) is 2.27. The Balaban J connectivity index is 2.49. The van der Waals surface area contributed by atoms with Crippen LogP contribution >= 0.6 is 27.5 Å². The molecule has 0 saturated carbocycles. The van der Waals surface area contributed by atoms with Crippen molar-refractivity contribution in [2.45, 2.75) is 0 Å². The van der Waals surface area contributed by atoms with Gasteiger partial charge in [-0.1, -0.05) is 51.8 Å². The van der Waals surface area contributed by atoms with Crippen LogP contribution in [0.1, 0.15) is 0 Å². The van der Waals surface area contributed by atoms with Gasteiger partial charge < -0.3 is 10.0 Å². The van der Waals surface area contributed by atoms with Crippen LogP contribution in [0.4, 0.5) is 0 Å². The molecule has 0 atom stereocenters. The summed E-state index contributed by atoms with van der Waals surface area (Å²) < 4.78 is 0.884. The fourth-order valence-corrected chi connectivity index (χ4v) is 2.46. The monoisotopic (exact) mass is 310 g/mol. The van der Waals surface area contributed by atoms with Gasteiger partial charge in [0.15, 0.2) is 0 Å². The SMILES string of the molecule is OB(O)c1cccc(-c2cc(Cl)cc(Br)c2)c1. The molecule has 86 valence electrons. The molecule has 0 unspecified atom stereocenters. The van der Waals surface area contributed by atoms with E-state index in [0.29, 0.717) is 10.5 Å². The number of rotatable bonds is 2. The van der Waals surface area contributed by atoms with Gasteiger partial charge >= 0.3 is 7.12 Å². The molecule has 0 bridgehead atoms. The summed E-state index contributed by atoms with van der Waals surface area (Å²) in [5, 5.41) is 18.9. The molecule has 0 aliphatic heterocycles. The molecule has 2 N–H and O–H groups in total. The van der Waals surface area contributed by atoms with Crippen molar-refractivity contribution in [2.24, 2.45) is 0 Å². The number of hydrogen-bond acceptors (Lipinski definition) is 2. The Hall–Kier alpha value is -0.805. The highest BCUT2D eigenvalue weighted by Crippen LogP contribution is 2.26. The van der Waals surface area contributed by atoms with Gasteiger partial charge in [0.05, 0.1) is 0 Å². The minimum Gasteiger partial charge on any atom is -0.423 e. The van der Waals surface area contributed by atoms with Crippen LogP contribution in [0.25, 0.3) is 11.1 Å². The van der Waals surface area contributed by atoms with E-state index < -0.39 is 7.12 Å². The standard InChI is InChI=1S/C12H9BBrClO2/c14-11-5-9(6-12(15)7-11)8-2-1-3-10(4-8)13(16)17/h1-7,16-17H. The fourth-order valence-electron chi connectivity index (χ4n) is 1.60. The van der Waals surface area contributed by atoms with Crippen molar-refractivity contribution in [2.75, 3.05) is 0 Å². The first kappa shape index (κ1) is 12.6. The van der Waals surface area contributed by atoms with E-state index in [-0.39, 0.29) is 0 Å². The summed E-state index contributed by atoms with van der Waals surface area (Å²) in [6.07, 6.45) is 0. The quantitative estimate of drug-likeness (QED) is 0.837. The molecule has 0 spiro atoms. The topological polar surface area (TPSA) is 40.5 Å². The zero-order chi connectivity index (χ0) is 12.4. The van der Waals surface area contributed by atoms with Crippen molar-refractivity contribution < 1.29 is 10.0 Å². The zero-order valence-corrected chi connectivity index (χ0v) is 11.1. The predicted molar refractivity (Wildman–Crippen MR) is 74.4 cm³/mol. The van der Waals surface area contributed by atoms with Gasteiger partial charge in [0.2, 0.25) is 0 Å². The van der Waals surface area contributed by atoms with E-state index in [2.05, 4.69) is 15.9 Å². The molecule has 17 heavy (non-hydrogen) atoms. The van der Waals surface area contributed by atoms with Gasteiger partial charge in [0, 0.05) is 9.50 Å². The van der Waals surface area contributed by atoms with Crippen molar-refractivity contribution in [3.8, 4) is 11.1 Å². The second-order valence-corrected chi connectivity index (χ2v) is 5.01. The van der Waals surface area contributed by atoms with Crippen molar-refractivity contribution in [3.05, 3.63) is 52.0 Å². The molecule has 0 aromatic heterocycles. The van der Waals surface area contributed by atoms with Crippen LogP contribution in [-0.4, -0.2) is 17.2 Å². The molecule has 5 heteroatoms. The fraction of sp³-hybridized carbons (Fsp3) is 0. The summed E-state index contributed by atoms with van der Waals surface area (Å²) in [7, 11) is -1.46. The lowest BCUT2D eigenvalue weighted by Gasteiger charge is -2.06. The molecule has 0 aliphatic rings. The van der Waals surface area contributed by atoms with E-state index in [0.717, 1.165) is 15.6 Å².